The Hall–Kier alpha value is -3.71. The molecule has 2 aliphatic rings. The molecule has 2 N–H and O–H groups in total. The summed E-state index contributed by atoms with van der Waals surface area (Å²) in [5, 5.41) is 5.79. The Balaban J connectivity index is 1.32. The maximum Gasteiger partial charge on any atom is 0.256 e. The third kappa shape index (κ3) is 4.52. The molecule has 1 fully saturated rings. The number of nitrogens with one attached hydrogen (secondary N) is 2. The highest BCUT2D eigenvalue weighted by Gasteiger charge is 2.25. The average Bonchev–Trinajstić information content (AvgIpc) is 3.43. The normalized spacial score (nSPS) is 19.2. The van der Waals surface area contributed by atoms with Crippen molar-refractivity contribution in [2.24, 2.45) is 0 Å². The topological polar surface area (TPSA) is 74.6 Å². The van der Waals surface area contributed by atoms with Crippen LogP contribution in [0.5, 0.6) is 0 Å². The van der Waals surface area contributed by atoms with Crippen LogP contribution in [0.1, 0.15) is 40.9 Å². The van der Waals surface area contributed by atoms with Crippen LogP contribution in [0.15, 0.2) is 59.2 Å². The molecule has 0 saturated carbocycles. The SMILES string of the molecule is CN1CCCCC1CNC(=O)c1cccc(-c2coc(/C=C3/C(=O)Nc4ccc(F)cc43)c2)c1. The lowest BCUT2D eigenvalue weighted by Crippen LogP contribution is -2.44. The molecule has 0 aliphatic carbocycles. The van der Waals surface area contributed by atoms with Crippen LogP contribution in [0, 0.1) is 5.82 Å². The van der Waals surface area contributed by atoms with Crippen LogP contribution in [0.2, 0.25) is 0 Å². The quantitative estimate of drug-likeness (QED) is 0.538. The van der Waals surface area contributed by atoms with Crippen LogP contribution in [0.25, 0.3) is 22.8 Å². The van der Waals surface area contributed by atoms with Crippen molar-refractivity contribution in [3.63, 3.8) is 0 Å². The molecule has 0 radical (unpaired) electrons. The van der Waals surface area contributed by atoms with Gasteiger partial charge in [-0.1, -0.05) is 18.6 Å². The first-order valence-corrected chi connectivity index (χ1v) is 11.5. The highest BCUT2D eigenvalue weighted by molar-refractivity contribution is 6.34. The van der Waals surface area contributed by atoms with Gasteiger partial charge in [-0.2, -0.15) is 0 Å². The zero-order chi connectivity index (χ0) is 23.7. The molecule has 3 aromatic rings. The summed E-state index contributed by atoms with van der Waals surface area (Å²) in [6.45, 7) is 1.70. The van der Waals surface area contributed by atoms with E-state index in [1.165, 1.54) is 25.0 Å². The van der Waals surface area contributed by atoms with Gasteiger partial charge in [0.2, 0.25) is 0 Å². The molecule has 2 aliphatic heterocycles. The van der Waals surface area contributed by atoms with Gasteiger partial charge in [0.1, 0.15) is 11.6 Å². The Kier molecular flexibility index (Phi) is 6.02. The van der Waals surface area contributed by atoms with Crippen LogP contribution in [0.4, 0.5) is 10.1 Å². The van der Waals surface area contributed by atoms with Crippen LogP contribution < -0.4 is 10.6 Å². The van der Waals surface area contributed by atoms with Gasteiger partial charge in [-0.3, -0.25) is 9.59 Å². The number of furan rings is 1. The lowest BCUT2D eigenvalue weighted by Gasteiger charge is -2.32. The van der Waals surface area contributed by atoms with Gasteiger partial charge in [0.15, 0.2) is 0 Å². The molecule has 1 atom stereocenters. The second-order valence-corrected chi connectivity index (χ2v) is 8.86. The number of anilines is 1. The molecular formula is C27H26FN3O3. The van der Waals surface area contributed by atoms with E-state index >= 15 is 0 Å². The number of halogens is 1. The average molecular weight is 460 g/mol. The van der Waals surface area contributed by atoms with Crippen molar-refractivity contribution in [1.82, 2.24) is 10.2 Å². The predicted octanol–water partition coefficient (Wildman–Crippen LogP) is 4.79. The lowest BCUT2D eigenvalue weighted by atomic mass is 10.0. The summed E-state index contributed by atoms with van der Waals surface area (Å²) in [6, 6.07) is 13.7. The Morgan fingerprint density at radius 1 is 1.21 bits per heavy atom. The van der Waals surface area contributed by atoms with Gasteiger partial charge < -0.3 is 20.0 Å². The number of hydrogen-bond acceptors (Lipinski definition) is 4. The van der Waals surface area contributed by atoms with Gasteiger partial charge in [-0.05, 0) is 74.5 Å². The van der Waals surface area contributed by atoms with E-state index in [4.69, 9.17) is 4.42 Å². The van der Waals surface area contributed by atoms with Crippen LogP contribution in [-0.2, 0) is 4.79 Å². The summed E-state index contributed by atoms with van der Waals surface area (Å²) in [5.74, 6) is -0.354. The number of nitrogens with zero attached hydrogens (tertiary/aromatic N) is 1. The van der Waals surface area contributed by atoms with Crippen molar-refractivity contribution in [1.29, 1.82) is 0 Å². The van der Waals surface area contributed by atoms with Crippen molar-refractivity contribution in [3.05, 3.63) is 77.5 Å². The summed E-state index contributed by atoms with van der Waals surface area (Å²) in [7, 11) is 2.10. The number of likely N-dealkylation sites (N-methyl/N-ethyl adjacent to an activating group) is 1. The molecule has 2 amide bonds. The van der Waals surface area contributed by atoms with Gasteiger partial charge >= 0.3 is 0 Å². The van der Waals surface area contributed by atoms with Gasteiger partial charge in [-0.25, -0.2) is 4.39 Å². The Morgan fingerprint density at radius 2 is 2.09 bits per heavy atom. The van der Waals surface area contributed by atoms with E-state index in [2.05, 4.69) is 22.6 Å². The van der Waals surface area contributed by atoms with E-state index in [9.17, 15) is 14.0 Å². The van der Waals surface area contributed by atoms with Crippen LogP contribution >= 0.6 is 0 Å². The maximum atomic E-state index is 13.7. The van der Waals surface area contributed by atoms with E-state index in [-0.39, 0.29) is 11.8 Å². The molecule has 7 heteroatoms. The largest absolute Gasteiger partial charge is 0.464 e. The van der Waals surface area contributed by atoms with Crippen molar-refractivity contribution in [3.8, 4) is 11.1 Å². The van der Waals surface area contributed by atoms with Crippen molar-refractivity contribution in [2.45, 2.75) is 25.3 Å². The summed E-state index contributed by atoms with van der Waals surface area (Å²) in [4.78, 5) is 27.4. The fourth-order valence-corrected chi connectivity index (χ4v) is 4.58. The zero-order valence-corrected chi connectivity index (χ0v) is 18.9. The number of fused-ring (bicyclic) bond motifs is 1. The number of rotatable bonds is 5. The second kappa shape index (κ2) is 9.27. The highest BCUT2D eigenvalue weighted by atomic mass is 19.1. The molecule has 0 bridgehead atoms. The molecule has 5 rings (SSSR count). The van der Waals surface area contributed by atoms with Crippen LogP contribution in [-0.4, -0.2) is 42.9 Å². The zero-order valence-electron chi connectivity index (χ0n) is 18.9. The first kappa shape index (κ1) is 22.1. The molecule has 1 aromatic heterocycles. The van der Waals surface area contributed by atoms with E-state index in [0.29, 0.717) is 40.7 Å². The Morgan fingerprint density at radius 3 is 2.94 bits per heavy atom. The fourth-order valence-electron chi connectivity index (χ4n) is 4.58. The van der Waals surface area contributed by atoms with Gasteiger partial charge in [0.25, 0.3) is 11.8 Å². The first-order chi connectivity index (χ1) is 16.5. The summed E-state index contributed by atoms with van der Waals surface area (Å²) >= 11 is 0. The number of piperidine rings is 1. The van der Waals surface area contributed by atoms with Gasteiger partial charge in [0.05, 0.1) is 11.8 Å². The van der Waals surface area contributed by atoms with E-state index in [1.54, 1.807) is 30.5 Å². The summed E-state index contributed by atoms with van der Waals surface area (Å²) in [5.41, 5.74) is 3.62. The minimum atomic E-state index is -0.411. The van der Waals surface area contributed by atoms with Crippen molar-refractivity contribution in [2.75, 3.05) is 25.5 Å². The Labute approximate surface area is 197 Å². The van der Waals surface area contributed by atoms with Gasteiger partial charge in [-0.15, -0.1) is 0 Å². The summed E-state index contributed by atoms with van der Waals surface area (Å²) < 4.78 is 19.3. The predicted molar refractivity (Wildman–Crippen MR) is 130 cm³/mol. The van der Waals surface area contributed by atoms with E-state index in [0.717, 1.165) is 24.1 Å². The molecule has 0 spiro atoms. The van der Waals surface area contributed by atoms with Crippen LogP contribution in [0.3, 0.4) is 0 Å². The molecule has 174 valence electrons. The molecule has 3 heterocycles. The lowest BCUT2D eigenvalue weighted by molar-refractivity contribution is -0.110. The third-order valence-electron chi connectivity index (χ3n) is 6.55. The van der Waals surface area contributed by atoms with E-state index in [1.807, 2.05) is 18.2 Å². The smallest absolute Gasteiger partial charge is 0.256 e. The summed E-state index contributed by atoms with van der Waals surface area (Å²) in [6.07, 6.45) is 6.68. The van der Waals surface area contributed by atoms with Crippen molar-refractivity contribution >= 4 is 29.2 Å². The Bertz CT molecular complexity index is 1280. The second-order valence-electron chi connectivity index (χ2n) is 8.86. The number of carbonyl (C=O) groups excluding carboxylic acids is 2. The molecular weight excluding hydrogens is 433 g/mol. The molecule has 1 unspecified atom stereocenters. The first-order valence-electron chi connectivity index (χ1n) is 11.5. The number of hydrogen-bond donors (Lipinski definition) is 2. The monoisotopic (exact) mass is 459 g/mol. The minimum Gasteiger partial charge on any atom is -0.464 e. The van der Waals surface area contributed by atoms with E-state index < -0.39 is 5.82 Å². The number of likely N-dealkylation sites (tertiary alicyclic amines) is 1. The van der Waals surface area contributed by atoms with Gasteiger partial charge in [0, 0.05) is 35.0 Å². The number of carbonyl (C=O) groups is 2. The molecule has 2 aromatic carbocycles. The van der Waals surface area contributed by atoms with Crippen molar-refractivity contribution < 1.29 is 18.4 Å². The number of amides is 2. The minimum absolute atomic E-state index is 0.104. The standard InChI is InChI=1S/C27H26FN3O3/c1-31-10-3-2-7-21(31)15-29-26(32)18-6-4-5-17(11-18)19-12-22(34-16-19)14-24-23-13-20(28)8-9-25(23)30-27(24)33/h4-6,8-9,11-14,16,21H,2-3,7,10,15H2,1H3,(H,29,32)(H,30,33)/b24-14+. The number of benzene rings is 2. The third-order valence-corrected chi connectivity index (χ3v) is 6.55. The maximum absolute atomic E-state index is 13.7. The molecule has 1 saturated heterocycles. The fraction of sp³-hybridized carbons (Fsp3) is 0.259. The molecule has 6 nitrogen and oxygen atoms in total. The molecule has 34 heavy (non-hydrogen) atoms. The highest BCUT2D eigenvalue weighted by Crippen LogP contribution is 2.34.